The fourth-order valence-corrected chi connectivity index (χ4v) is 5.16. The van der Waals surface area contributed by atoms with Gasteiger partial charge in [0.15, 0.2) is 0 Å². The highest BCUT2D eigenvalue weighted by Gasteiger charge is 2.34. The number of carbonyl (C=O) groups is 6. The predicted octanol–water partition coefficient (Wildman–Crippen LogP) is 1.47. The first-order chi connectivity index (χ1) is 22.0. The lowest BCUT2D eigenvalue weighted by molar-refractivity contribution is -0.140. The number of aliphatic hydroxyl groups is 2. The van der Waals surface area contributed by atoms with E-state index in [0.717, 1.165) is 0 Å². The molecule has 0 aromatic carbocycles. The minimum atomic E-state index is -1.33. The Hall–Kier alpha value is -3.26. The molecule has 0 aliphatic rings. The number of carbonyl (C=O) groups excluding carboxylic acids is 5. The monoisotopic (exact) mass is 685 g/mol. The lowest BCUT2D eigenvalue weighted by Gasteiger charge is -2.31. The molecule has 48 heavy (non-hydrogen) atoms. The Morgan fingerprint density at radius 1 is 0.479 bits per heavy atom. The number of nitrogens with one attached hydrogen (secondary N) is 5. The third-order valence-electron chi connectivity index (χ3n) is 7.69. The summed E-state index contributed by atoms with van der Waals surface area (Å²) >= 11 is 0. The van der Waals surface area contributed by atoms with Crippen molar-refractivity contribution in [3.63, 3.8) is 0 Å². The summed E-state index contributed by atoms with van der Waals surface area (Å²) in [6.45, 7) is 19.8. The average molecular weight is 686 g/mol. The fraction of sp³-hybridized carbons (Fsp3) is 0.824. The van der Waals surface area contributed by atoms with Crippen LogP contribution in [0.1, 0.15) is 108 Å². The van der Waals surface area contributed by atoms with E-state index in [0.29, 0.717) is 12.8 Å². The smallest absolute Gasteiger partial charge is 0.306 e. The number of aliphatic carboxylic acids is 1. The van der Waals surface area contributed by atoms with Crippen LogP contribution in [0.25, 0.3) is 0 Å². The van der Waals surface area contributed by atoms with Gasteiger partial charge < -0.3 is 41.9 Å². The van der Waals surface area contributed by atoms with Gasteiger partial charge in [0.25, 0.3) is 0 Å². The van der Waals surface area contributed by atoms with Crippen LogP contribution in [0.5, 0.6) is 0 Å². The van der Waals surface area contributed by atoms with Crippen LogP contribution in [0.15, 0.2) is 0 Å². The molecule has 0 saturated carbocycles. The third kappa shape index (κ3) is 17.8. The molecule has 0 bridgehead atoms. The molecule has 14 nitrogen and oxygen atoms in total. The fourth-order valence-electron chi connectivity index (χ4n) is 5.16. The molecular weight excluding hydrogens is 622 g/mol. The third-order valence-corrected chi connectivity index (χ3v) is 7.69. The van der Waals surface area contributed by atoms with Gasteiger partial charge in [-0.05, 0) is 49.4 Å². The van der Waals surface area contributed by atoms with Crippen molar-refractivity contribution in [1.29, 1.82) is 0 Å². The van der Waals surface area contributed by atoms with Crippen molar-refractivity contribution in [3.8, 4) is 0 Å². The quantitative estimate of drug-likeness (QED) is 0.0825. The van der Waals surface area contributed by atoms with Crippen molar-refractivity contribution in [2.24, 2.45) is 29.6 Å². The molecule has 0 spiro atoms. The number of aliphatic hydroxyl groups excluding tert-OH is 2. The van der Waals surface area contributed by atoms with Gasteiger partial charge in [-0.1, -0.05) is 69.2 Å². The Morgan fingerprint density at radius 2 is 0.875 bits per heavy atom. The van der Waals surface area contributed by atoms with E-state index in [1.807, 2.05) is 41.5 Å². The van der Waals surface area contributed by atoms with Crippen LogP contribution in [0.4, 0.5) is 0 Å². The number of amides is 5. The lowest BCUT2D eigenvalue weighted by Crippen LogP contribution is -2.59. The Morgan fingerprint density at radius 3 is 1.29 bits per heavy atom. The van der Waals surface area contributed by atoms with Crippen LogP contribution < -0.4 is 26.6 Å². The molecule has 0 saturated heterocycles. The minimum Gasteiger partial charge on any atom is -0.481 e. The average Bonchev–Trinajstić information content (AvgIpc) is 2.91. The zero-order chi connectivity index (χ0) is 37.5. The summed E-state index contributed by atoms with van der Waals surface area (Å²) < 4.78 is 0. The van der Waals surface area contributed by atoms with E-state index < -0.39 is 84.9 Å². The van der Waals surface area contributed by atoms with E-state index >= 15 is 0 Å². The second-order valence-electron chi connectivity index (χ2n) is 14.8. The molecule has 0 aliphatic carbocycles. The molecule has 0 heterocycles. The summed E-state index contributed by atoms with van der Waals surface area (Å²) in [5.41, 5.74) is 0. The normalized spacial score (nSPS) is 16.1. The molecular formula is C34H63N5O9. The van der Waals surface area contributed by atoms with Gasteiger partial charge in [-0.3, -0.25) is 28.8 Å². The van der Waals surface area contributed by atoms with Crippen molar-refractivity contribution >= 4 is 35.5 Å². The van der Waals surface area contributed by atoms with Gasteiger partial charge in [0.1, 0.15) is 18.1 Å². The Kier molecular flexibility index (Phi) is 20.2. The van der Waals surface area contributed by atoms with Crippen LogP contribution in [-0.2, 0) is 28.8 Å². The van der Waals surface area contributed by atoms with E-state index in [2.05, 4.69) is 26.6 Å². The first-order valence-electron chi connectivity index (χ1n) is 17.1. The van der Waals surface area contributed by atoms with E-state index in [4.69, 9.17) is 5.11 Å². The molecule has 278 valence electrons. The molecule has 1 unspecified atom stereocenters. The maximum atomic E-state index is 13.5. The highest BCUT2D eigenvalue weighted by atomic mass is 16.4. The number of rotatable bonds is 22. The van der Waals surface area contributed by atoms with Gasteiger partial charge in [-0.2, -0.15) is 0 Å². The second kappa shape index (κ2) is 21.7. The molecule has 0 fully saturated rings. The summed E-state index contributed by atoms with van der Waals surface area (Å²) in [6, 6.07) is -4.61. The van der Waals surface area contributed by atoms with Gasteiger partial charge in [0.05, 0.1) is 37.1 Å². The van der Waals surface area contributed by atoms with Crippen LogP contribution in [0.2, 0.25) is 0 Å². The number of hydrogen-bond donors (Lipinski definition) is 8. The molecule has 5 amide bonds. The molecule has 8 N–H and O–H groups in total. The van der Waals surface area contributed by atoms with E-state index in [-0.39, 0.29) is 41.9 Å². The summed E-state index contributed by atoms with van der Waals surface area (Å²) in [7, 11) is 0. The van der Waals surface area contributed by atoms with Crippen molar-refractivity contribution in [3.05, 3.63) is 0 Å². The number of hydrogen-bond acceptors (Lipinski definition) is 8. The Bertz CT molecular complexity index is 1060. The topological polar surface area (TPSA) is 223 Å². The maximum absolute atomic E-state index is 13.5. The van der Waals surface area contributed by atoms with Gasteiger partial charge >= 0.3 is 5.97 Å². The van der Waals surface area contributed by atoms with Gasteiger partial charge in [-0.15, -0.1) is 0 Å². The first kappa shape index (κ1) is 44.7. The zero-order valence-corrected chi connectivity index (χ0v) is 30.8. The molecule has 0 aromatic heterocycles. The lowest BCUT2D eigenvalue weighted by atomic mass is 9.95. The van der Waals surface area contributed by atoms with Crippen LogP contribution in [-0.4, -0.2) is 93.2 Å². The van der Waals surface area contributed by atoms with Gasteiger partial charge in [-0.25, -0.2) is 0 Å². The van der Waals surface area contributed by atoms with Gasteiger partial charge in [0.2, 0.25) is 29.5 Å². The second-order valence-corrected chi connectivity index (χ2v) is 14.8. The Labute approximate surface area is 286 Å². The van der Waals surface area contributed by atoms with E-state index in [1.54, 1.807) is 27.7 Å². The highest BCUT2D eigenvalue weighted by molar-refractivity contribution is 5.92. The van der Waals surface area contributed by atoms with Crippen LogP contribution in [0, 0.1) is 29.6 Å². The number of carboxylic acids is 1. The van der Waals surface area contributed by atoms with Crippen molar-refractivity contribution < 1.29 is 44.1 Å². The maximum Gasteiger partial charge on any atom is 0.306 e. The first-order valence-corrected chi connectivity index (χ1v) is 17.1. The van der Waals surface area contributed by atoms with Crippen LogP contribution >= 0.6 is 0 Å². The largest absolute Gasteiger partial charge is 0.481 e. The summed E-state index contributed by atoms with van der Waals surface area (Å²) in [5, 5.41) is 43.9. The van der Waals surface area contributed by atoms with E-state index in [1.165, 1.54) is 6.92 Å². The van der Waals surface area contributed by atoms with Gasteiger partial charge in [0, 0.05) is 6.42 Å². The van der Waals surface area contributed by atoms with Crippen molar-refractivity contribution in [1.82, 2.24) is 26.6 Å². The standard InChI is InChI=1S/C34H63N5O9/c1-17(2)12-23(37-33(47)31(21(9)10)39-34(48)30(20(7)8)38-27(42)14-19(5)6)25(40)15-28(43)35-22(11)32(46)36-24(13-18(3)4)26(41)16-29(44)45/h17-26,30-31,40-41H,12-16H2,1-11H3,(H,35,43)(H,36,46)(H,37,47)(H,38,42)(H,39,48)(H,44,45)/t22-,23-,24-,25-,26-,30-,31?/m0/s1. The molecule has 0 rings (SSSR count). The predicted molar refractivity (Wildman–Crippen MR) is 182 cm³/mol. The van der Waals surface area contributed by atoms with Crippen LogP contribution in [0.3, 0.4) is 0 Å². The molecule has 0 aromatic rings. The summed E-state index contributed by atoms with van der Waals surface area (Å²) in [5.74, 6) is -4.25. The number of carboxylic acid groups (broad SMARTS) is 1. The zero-order valence-electron chi connectivity index (χ0n) is 30.8. The summed E-state index contributed by atoms with van der Waals surface area (Å²) in [6.07, 6.45) is -2.76. The minimum absolute atomic E-state index is 0.0152. The van der Waals surface area contributed by atoms with Crippen molar-refractivity contribution in [2.45, 2.75) is 151 Å². The molecule has 0 aliphatic heterocycles. The van der Waals surface area contributed by atoms with Crippen molar-refractivity contribution in [2.75, 3.05) is 0 Å². The van der Waals surface area contributed by atoms with E-state index in [9.17, 15) is 39.0 Å². The summed E-state index contributed by atoms with van der Waals surface area (Å²) in [4.78, 5) is 75.9. The highest BCUT2D eigenvalue weighted by Crippen LogP contribution is 2.15. The molecule has 0 radical (unpaired) electrons. The Balaban J connectivity index is 5.60. The molecule has 7 atom stereocenters. The SMILES string of the molecule is CC(C)CC(=O)N[C@H](C(=O)NC(C(=O)N[C@@H](CC(C)C)[C@@H](O)CC(=O)N[C@@H](C)C(=O)N[C@@H](CC(C)C)[C@@H](O)CC(=O)O)C(C)C)C(C)C. The molecule has 14 heteroatoms.